The van der Waals surface area contributed by atoms with E-state index in [-0.39, 0.29) is 5.91 Å². The van der Waals surface area contributed by atoms with Gasteiger partial charge in [-0.15, -0.1) is 0 Å². The highest BCUT2D eigenvalue weighted by atomic mass is 16.1. The molecule has 1 aliphatic rings. The number of quaternary nitrogens is 1. The van der Waals surface area contributed by atoms with Crippen LogP contribution in [0, 0.1) is 0 Å². The van der Waals surface area contributed by atoms with E-state index in [1.165, 1.54) is 103 Å². The number of unbranched alkanes of at least 4 members (excludes halogenated alkanes) is 13. The topological polar surface area (TPSA) is 41.5 Å². The summed E-state index contributed by atoms with van der Waals surface area (Å²) in [6.07, 6.45) is 29.0. The highest BCUT2D eigenvalue weighted by Crippen LogP contribution is 2.24. The molecule has 0 spiro atoms. The zero-order chi connectivity index (χ0) is 23.3. The van der Waals surface area contributed by atoms with E-state index in [2.05, 4.69) is 37.5 Å². The predicted octanol–water partition coefficient (Wildman–Crippen LogP) is 7.19. The van der Waals surface area contributed by atoms with Crippen molar-refractivity contribution in [1.82, 2.24) is 5.32 Å². The Bertz CT molecular complexity index is 517. The number of nitrogens with one attached hydrogen (secondary N) is 1. The Morgan fingerprint density at radius 3 is 2.03 bits per heavy atom. The number of nitrogens with zero attached hydrogens (tertiary/aromatic N) is 2. The van der Waals surface area contributed by atoms with Gasteiger partial charge >= 0.3 is 0 Å². The molecular weight excluding hydrogens is 394 g/mol. The monoisotopic (exact) mass is 448 g/mol. The molecule has 0 aromatic rings. The van der Waals surface area contributed by atoms with Gasteiger partial charge in [0.05, 0.1) is 25.8 Å². The van der Waals surface area contributed by atoms with Crippen LogP contribution in [0.3, 0.4) is 0 Å². The van der Waals surface area contributed by atoms with E-state index in [9.17, 15) is 4.79 Å². The average Bonchev–Trinajstić information content (AvgIpc) is 3.18. The van der Waals surface area contributed by atoms with Crippen LogP contribution < -0.4 is 5.32 Å². The van der Waals surface area contributed by atoms with E-state index in [1.807, 2.05) is 0 Å². The van der Waals surface area contributed by atoms with Crippen molar-refractivity contribution in [2.75, 3.05) is 26.2 Å². The third kappa shape index (κ3) is 13.4. The Balaban J connectivity index is 1.97. The molecule has 1 N–H and O–H groups in total. The molecule has 1 heterocycles. The summed E-state index contributed by atoms with van der Waals surface area (Å²) < 4.78 is 1.01. The molecule has 0 bridgehead atoms. The molecule has 32 heavy (non-hydrogen) atoms. The minimum absolute atomic E-state index is 0.0668. The zero-order valence-electron chi connectivity index (χ0n) is 21.8. The van der Waals surface area contributed by atoms with Gasteiger partial charge in [-0.3, -0.25) is 9.28 Å². The second kappa shape index (κ2) is 19.3. The third-order valence-electron chi connectivity index (χ3n) is 7.14. The maximum absolute atomic E-state index is 11.2. The Hall–Kier alpha value is -1.16. The zero-order valence-corrected chi connectivity index (χ0v) is 21.8. The summed E-state index contributed by atoms with van der Waals surface area (Å²) in [5.74, 6) is 0.0668. The van der Waals surface area contributed by atoms with Crippen molar-refractivity contribution in [3.63, 3.8) is 0 Å². The summed E-state index contributed by atoms with van der Waals surface area (Å²) in [6.45, 7) is 10.00. The predicted molar refractivity (Wildman–Crippen MR) is 140 cm³/mol. The van der Waals surface area contributed by atoms with Crippen LogP contribution in [0.5, 0.6) is 0 Å². The lowest BCUT2D eigenvalue weighted by molar-refractivity contribution is -0.935. The number of rotatable bonds is 21. The van der Waals surface area contributed by atoms with Gasteiger partial charge in [-0.25, -0.2) is 4.99 Å². The van der Waals surface area contributed by atoms with Crippen molar-refractivity contribution in [1.29, 1.82) is 0 Å². The van der Waals surface area contributed by atoms with Crippen LogP contribution in [0.25, 0.3) is 0 Å². The second-order valence-electron chi connectivity index (χ2n) is 9.82. The quantitative estimate of drug-likeness (QED) is 0.113. The average molecular weight is 449 g/mol. The Labute approximate surface area is 199 Å². The second-order valence-corrected chi connectivity index (χ2v) is 9.82. The molecule has 0 aromatic heterocycles. The molecule has 1 amide bonds. The van der Waals surface area contributed by atoms with Crippen molar-refractivity contribution in [3.05, 3.63) is 12.2 Å². The lowest BCUT2D eigenvalue weighted by Gasteiger charge is -2.38. The Morgan fingerprint density at radius 1 is 0.906 bits per heavy atom. The number of aliphatic imine (C=N–C) groups is 1. The van der Waals surface area contributed by atoms with Gasteiger partial charge in [0.15, 0.2) is 6.17 Å². The maximum Gasteiger partial charge on any atom is 0.217 e. The molecule has 1 rings (SSSR count). The van der Waals surface area contributed by atoms with E-state index in [1.54, 1.807) is 6.92 Å². The van der Waals surface area contributed by atoms with Crippen LogP contribution in [0.2, 0.25) is 0 Å². The van der Waals surface area contributed by atoms with Crippen molar-refractivity contribution >= 4 is 12.1 Å². The Kier molecular flexibility index (Phi) is 17.4. The van der Waals surface area contributed by atoms with Gasteiger partial charge in [0.25, 0.3) is 0 Å². The molecule has 1 aliphatic heterocycles. The van der Waals surface area contributed by atoms with E-state index in [4.69, 9.17) is 4.99 Å². The van der Waals surface area contributed by atoms with Gasteiger partial charge in [0.1, 0.15) is 6.54 Å². The largest absolute Gasteiger partial charge is 0.351 e. The number of carbonyl (C=O) groups excluding carboxylic acids is 1. The molecule has 186 valence electrons. The minimum atomic E-state index is 0.0668. The first kappa shape index (κ1) is 28.9. The molecule has 0 aromatic carbocycles. The number of hydrogen-bond acceptors (Lipinski definition) is 2. The van der Waals surface area contributed by atoms with E-state index >= 15 is 0 Å². The molecule has 0 aliphatic carbocycles. The van der Waals surface area contributed by atoms with E-state index in [0.717, 1.165) is 30.7 Å². The molecular formula is C28H54N3O+. The van der Waals surface area contributed by atoms with Crippen LogP contribution in [0.1, 0.15) is 124 Å². The summed E-state index contributed by atoms with van der Waals surface area (Å²) in [6, 6.07) is 0. The molecule has 0 saturated carbocycles. The van der Waals surface area contributed by atoms with Crippen LogP contribution in [0.4, 0.5) is 0 Å². The lowest BCUT2D eigenvalue weighted by atomic mass is 10.1. The molecule has 0 saturated heterocycles. The molecule has 2 atom stereocenters. The van der Waals surface area contributed by atoms with Crippen molar-refractivity contribution in [2.45, 2.75) is 130 Å². The first-order valence-electron chi connectivity index (χ1n) is 13.9. The van der Waals surface area contributed by atoms with E-state index in [0.29, 0.717) is 6.17 Å². The van der Waals surface area contributed by atoms with Gasteiger partial charge in [0.2, 0.25) is 5.91 Å². The molecule has 0 radical (unpaired) electrons. The van der Waals surface area contributed by atoms with Crippen molar-refractivity contribution in [2.24, 2.45) is 4.99 Å². The fourth-order valence-corrected chi connectivity index (χ4v) is 4.89. The summed E-state index contributed by atoms with van der Waals surface area (Å²) in [5.41, 5.74) is 0. The standard InChI is InChI=1S/C28H53N3O/c1-4-6-7-8-9-10-11-12-13-14-15-16-17-18-19-20-21-22-28-30-24-26-31(28,5-2)25-23-29-27(3)32/h16-17,24,28H,4-15,18-23,25-26H2,1-3H3/p+1/b17-16+. The highest BCUT2D eigenvalue weighted by Gasteiger charge is 2.37. The van der Waals surface area contributed by atoms with Crippen LogP contribution >= 0.6 is 0 Å². The molecule has 0 fully saturated rings. The number of hydrogen-bond donors (Lipinski definition) is 1. The molecule has 4 nitrogen and oxygen atoms in total. The van der Waals surface area contributed by atoms with Gasteiger partial charge in [-0.1, -0.05) is 83.3 Å². The van der Waals surface area contributed by atoms with Gasteiger partial charge in [-0.2, -0.15) is 0 Å². The smallest absolute Gasteiger partial charge is 0.217 e. The van der Waals surface area contributed by atoms with Gasteiger partial charge < -0.3 is 5.32 Å². The molecule has 4 heteroatoms. The molecule has 2 unspecified atom stereocenters. The first-order chi connectivity index (χ1) is 15.6. The van der Waals surface area contributed by atoms with Gasteiger partial charge in [0, 0.05) is 13.3 Å². The summed E-state index contributed by atoms with van der Waals surface area (Å²) in [5, 5.41) is 2.96. The fraction of sp³-hybridized carbons (Fsp3) is 0.857. The first-order valence-corrected chi connectivity index (χ1v) is 13.9. The minimum Gasteiger partial charge on any atom is -0.351 e. The number of likely N-dealkylation sites (N-methyl/N-ethyl adjacent to an activating group) is 1. The van der Waals surface area contributed by atoms with Crippen molar-refractivity contribution in [3.8, 4) is 0 Å². The third-order valence-corrected chi connectivity index (χ3v) is 7.14. The van der Waals surface area contributed by atoms with Crippen LogP contribution in [-0.2, 0) is 4.79 Å². The summed E-state index contributed by atoms with van der Waals surface area (Å²) >= 11 is 0. The summed E-state index contributed by atoms with van der Waals surface area (Å²) in [4.78, 5) is 16.0. The van der Waals surface area contributed by atoms with Crippen molar-refractivity contribution < 1.29 is 9.28 Å². The van der Waals surface area contributed by atoms with Gasteiger partial charge in [-0.05, 0) is 39.0 Å². The number of carbonyl (C=O) groups is 1. The Morgan fingerprint density at radius 2 is 1.47 bits per heavy atom. The maximum atomic E-state index is 11.2. The summed E-state index contributed by atoms with van der Waals surface area (Å²) in [7, 11) is 0. The fourth-order valence-electron chi connectivity index (χ4n) is 4.89. The van der Waals surface area contributed by atoms with Crippen LogP contribution in [-0.4, -0.2) is 48.9 Å². The number of allylic oxidation sites excluding steroid dienone is 2. The SMILES string of the molecule is CCCCCCCCCCCC/C=C/CCCCCC1N=CC[N+]1(CC)CCNC(C)=O. The number of amides is 1. The van der Waals surface area contributed by atoms with Crippen LogP contribution in [0.15, 0.2) is 17.1 Å². The normalized spacial score (nSPS) is 20.4. The van der Waals surface area contributed by atoms with E-state index < -0.39 is 0 Å². The lowest BCUT2D eigenvalue weighted by Crippen LogP contribution is -2.55. The highest BCUT2D eigenvalue weighted by molar-refractivity contribution is 5.72.